The van der Waals surface area contributed by atoms with E-state index in [2.05, 4.69) is 41.8 Å². The molecule has 1 aliphatic carbocycles. The number of fused-ring (bicyclic) bond motifs is 1. The van der Waals surface area contributed by atoms with Crippen LogP contribution in [0.3, 0.4) is 0 Å². The predicted molar refractivity (Wildman–Crippen MR) is 61.3 cm³/mol. The normalized spacial score (nSPS) is 40.3. The van der Waals surface area contributed by atoms with E-state index in [-0.39, 0.29) is 21.5 Å². The Labute approximate surface area is 105 Å². The van der Waals surface area contributed by atoms with Gasteiger partial charge in [0, 0.05) is 0 Å². The molecule has 88 valence electrons. The minimum absolute atomic E-state index is 0.248. The molecule has 1 aliphatic heterocycles. The average molecular weight is 320 g/mol. The first-order valence-corrected chi connectivity index (χ1v) is 9.06. The van der Waals surface area contributed by atoms with E-state index in [1.807, 2.05) is 0 Å². The molecule has 2 rings (SSSR count). The fourth-order valence-corrected chi connectivity index (χ4v) is 6.09. The molecule has 15 heavy (non-hydrogen) atoms. The first-order chi connectivity index (χ1) is 6.98. The molecule has 0 radical (unpaired) electrons. The third-order valence-corrected chi connectivity index (χ3v) is 7.20. The first-order valence-electron chi connectivity index (χ1n) is 5.94. The molecule has 0 aromatic heterocycles. The van der Waals surface area contributed by atoms with E-state index in [0.29, 0.717) is 5.41 Å². The molecule has 0 spiro atoms. The predicted octanol–water partition coefficient (Wildman–Crippen LogP) is 0.0754. The standard InChI is InChI=1S/C13H23IN/c1-9-6-7-12-11(8-9)13(3,4)10(2)15(12)14-5/h8,10-12H,6-7H2,1-5H3/q-1. The molecule has 0 bridgehead atoms. The summed E-state index contributed by atoms with van der Waals surface area (Å²) in [6.07, 6.45) is 5.29. The van der Waals surface area contributed by atoms with Crippen molar-refractivity contribution in [1.82, 2.24) is 3.11 Å². The molecule has 0 aromatic rings. The van der Waals surface area contributed by atoms with Gasteiger partial charge in [-0.2, -0.15) is 0 Å². The summed E-state index contributed by atoms with van der Waals surface area (Å²) in [5.74, 6) is 0.806. The van der Waals surface area contributed by atoms with Crippen molar-refractivity contribution in [2.45, 2.75) is 52.6 Å². The van der Waals surface area contributed by atoms with Crippen LogP contribution in [0, 0.1) is 11.3 Å². The molecule has 1 saturated heterocycles. The summed E-state index contributed by atoms with van der Waals surface area (Å²) in [6.45, 7) is 9.67. The van der Waals surface area contributed by atoms with Crippen LogP contribution in [-0.2, 0) is 0 Å². The molecular formula is C13H23IN-. The molecule has 3 unspecified atom stereocenters. The molecule has 0 N–H and O–H groups in total. The number of halogens is 1. The van der Waals surface area contributed by atoms with E-state index in [9.17, 15) is 0 Å². The second-order valence-electron chi connectivity index (χ2n) is 5.66. The second-order valence-corrected chi connectivity index (χ2v) is 7.73. The summed E-state index contributed by atoms with van der Waals surface area (Å²) < 4.78 is 2.83. The Bertz CT molecular complexity index is 282. The Morgan fingerprint density at radius 2 is 2.13 bits per heavy atom. The van der Waals surface area contributed by atoms with Crippen molar-refractivity contribution >= 4 is 0 Å². The van der Waals surface area contributed by atoms with Gasteiger partial charge in [-0.15, -0.1) is 0 Å². The quantitative estimate of drug-likeness (QED) is 0.286. The van der Waals surface area contributed by atoms with Crippen molar-refractivity contribution in [1.29, 1.82) is 0 Å². The molecule has 1 nitrogen and oxygen atoms in total. The Kier molecular flexibility index (Phi) is 3.19. The van der Waals surface area contributed by atoms with Crippen LogP contribution in [0.4, 0.5) is 0 Å². The maximum atomic E-state index is 2.83. The summed E-state index contributed by atoms with van der Waals surface area (Å²) in [7, 11) is 0. The van der Waals surface area contributed by atoms with Crippen LogP contribution in [0.25, 0.3) is 0 Å². The van der Waals surface area contributed by atoms with Gasteiger partial charge in [0.15, 0.2) is 0 Å². The molecule has 2 heteroatoms. The fraction of sp³-hybridized carbons (Fsp3) is 0.846. The van der Waals surface area contributed by atoms with Gasteiger partial charge in [-0.05, 0) is 0 Å². The van der Waals surface area contributed by atoms with E-state index < -0.39 is 0 Å². The number of alkyl halides is 1. The van der Waals surface area contributed by atoms with Gasteiger partial charge in [0.25, 0.3) is 0 Å². The molecule has 0 amide bonds. The summed E-state index contributed by atoms with van der Waals surface area (Å²) in [4.78, 5) is 2.42. The zero-order valence-electron chi connectivity index (χ0n) is 10.5. The Balaban J connectivity index is 2.34. The van der Waals surface area contributed by atoms with Crippen LogP contribution < -0.4 is 21.5 Å². The third kappa shape index (κ3) is 1.78. The van der Waals surface area contributed by atoms with E-state index in [4.69, 9.17) is 0 Å². The number of allylic oxidation sites excluding steroid dienone is 1. The summed E-state index contributed by atoms with van der Waals surface area (Å²) in [5, 5.41) is 0. The second kappa shape index (κ2) is 4.02. The SMILES string of the molecule is C[I-]N1C2CCC(C)=CC2C(C)(C)C1C. The molecule has 1 heterocycles. The maximum absolute atomic E-state index is 2.83. The molecule has 2 aliphatic rings. The summed E-state index contributed by atoms with van der Waals surface area (Å²) in [6, 6.07) is 1.63. The van der Waals surface area contributed by atoms with Crippen LogP contribution in [0.1, 0.15) is 40.5 Å². The average Bonchev–Trinajstić information content (AvgIpc) is 2.37. The van der Waals surface area contributed by atoms with Gasteiger partial charge in [-0.25, -0.2) is 0 Å². The van der Waals surface area contributed by atoms with Gasteiger partial charge in [0.2, 0.25) is 0 Å². The number of hydrogen-bond acceptors (Lipinski definition) is 1. The van der Waals surface area contributed by atoms with Gasteiger partial charge < -0.3 is 0 Å². The van der Waals surface area contributed by atoms with Crippen molar-refractivity contribution in [2.75, 3.05) is 4.93 Å². The minimum atomic E-state index is 0.248. The molecule has 0 aromatic carbocycles. The molecule has 0 saturated carbocycles. The Morgan fingerprint density at radius 1 is 1.47 bits per heavy atom. The molecule has 3 atom stereocenters. The van der Waals surface area contributed by atoms with E-state index in [1.54, 1.807) is 5.57 Å². The molecule has 1 fully saturated rings. The van der Waals surface area contributed by atoms with E-state index in [1.165, 1.54) is 12.8 Å². The van der Waals surface area contributed by atoms with Gasteiger partial charge >= 0.3 is 105 Å². The summed E-state index contributed by atoms with van der Waals surface area (Å²) >= 11 is 0.248. The van der Waals surface area contributed by atoms with Crippen LogP contribution >= 0.6 is 0 Å². The van der Waals surface area contributed by atoms with Crippen molar-refractivity contribution in [2.24, 2.45) is 11.3 Å². The zero-order chi connectivity index (χ0) is 11.2. The van der Waals surface area contributed by atoms with Gasteiger partial charge in [-0.3, -0.25) is 0 Å². The fourth-order valence-electron chi connectivity index (χ4n) is 3.20. The van der Waals surface area contributed by atoms with Gasteiger partial charge in [0.05, 0.1) is 0 Å². The van der Waals surface area contributed by atoms with Crippen LogP contribution in [0.5, 0.6) is 0 Å². The van der Waals surface area contributed by atoms with Crippen LogP contribution in [0.15, 0.2) is 11.6 Å². The van der Waals surface area contributed by atoms with Crippen molar-refractivity contribution in [3.63, 3.8) is 0 Å². The number of nitrogens with zero attached hydrogens (tertiary/aromatic N) is 1. The van der Waals surface area contributed by atoms with Crippen LogP contribution in [0.2, 0.25) is 0 Å². The van der Waals surface area contributed by atoms with Gasteiger partial charge in [0.1, 0.15) is 0 Å². The zero-order valence-corrected chi connectivity index (χ0v) is 12.7. The van der Waals surface area contributed by atoms with Crippen molar-refractivity contribution < 1.29 is 21.5 Å². The van der Waals surface area contributed by atoms with E-state index >= 15 is 0 Å². The Hall–Kier alpha value is 0.430. The third-order valence-electron chi connectivity index (χ3n) is 4.53. The summed E-state index contributed by atoms with van der Waals surface area (Å²) in [5.41, 5.74) is 2.09. The monoisotopic (exact) mass is 320 g/mol. The van der Waals surface area contributed by atoms with E-state index in [0.717, 1.165) is 18.0 Å². The number of rotatable bonds is 1. The topological polar surface area (TPSA) is 3.24 Å². The number of hydrogen-bond donors (Lipinski definition) is 0. The van der Waals surface area contributed by atoms with Crippen molar-refractivity contribution in [3.8, 4) is 0 Å². The van der Waals surface area contributed by atoms with Crippen molar-refractivity contribution in [3.05, 3.63) is 11.6 Å². The Morgan fingerprint density at radius 3 is 2.73 bits per heavy atom. The first kappa shape index (κ1) is 11.9. The van der Waals surface area contributed by atoms with Crippen LogP contribution in [-0.4, -0.2) is 20.1 Å². The molecular weight excluding hydrogens is 297 g/mol. The van der Waals surface area contributed by atoms with Gasteiger partial charge in [-0.1, -0.05) is 0 Å².